The first-order valence-electron chi connectivity index (χ1n) is 7.63. The first-order valence-corrected chi connectivity index (χ1v) is 7.63. The van der Waals surface area contributed by atoms with Crippen LogP contribution in [0.25, 0.3) is 10.9 Å². The number of fused-ring (bicyclic) bond motifs is 1. The van der Waals surface area contributed by atoms with E-state index in [1.165, 1.54) is 12.8 Å². The molecule has 4 heteroatoms. The molecule has 3 rings (SSSR count). The minimum atomic E-state index is 0.104. The minimum Gasteiger partial charge on any atom is -0.361 e. The van der Waals surface area contributed by atoms with Crippen LogP contribution in [0.2, 0.25) is 0 Å². The van der Waals surface area contributed by atoms with E-state index in [1.54, 1.807) is 0 Å². The van der Waals surface area contributed by atoms with Gasteiger partial charge >= 0.3 is 0 Å². The van der Waals surface area contributed by atoms with Gasteiger partial charge in [-0.2, -0.15) is 0 Å². The largest absolute Gasteiger partial charge is 0.361 e. The molecule has 1 aromatic carbocycles. The zero-order chi connectivity index (χ0) is 14.8. The molecule has 1 aromatic heterocycles. The average Bonchev–Trinajstić information content (AvgIpc) is 3.21. The van der Waals surface area contributed by atoms with Gasteiger partial charge in [-0.25, -0.2) is 0 Å². The summed E-state index contributed by atoms with van der Waals surface area (Å²) in [6.07, 6.45) is 4.96. The number of carbonyl (C=O) groups is 1. The maximum atomic E-state index is 12.2. The second-order valence-electron chi connectivity index (χ2n) is 6.21. The van der Waals surface area contributed by atoms with E-state index in [9.17, 15) is 4.79 Å². The summed E-state index contributed by atoms with van der Waals surface area (Å²) in [7, 11) is 4.18. The molecule has 1 aliphatic rings. The number of rotatable bonds is 6. The summed E-state index contributed by atoms with van der Waals surface area (Å²) >= 11 is 0. The number of hydrogen-bond donors (Lipinski definition) is 2. The summed E-state index contributed by atoms with van der Waals surface area (Å²) in [5.74, 6) is 0.862. The topological polar surface area (TPSA) is 48.1 Å². The Labute approximate surface area is 125 Å². The standard InChI is InChI=1S/C17H23N3O/c1-20(2)16(12-7-8-12)11-19-17(21)9-13-10-18-15-6-4-3-5-14(13)15/h3-6,10,12,16,18H,7-9,11H2,1-2H3,(H,19,21)/t16-/m0/s1. The van der Waals surface area contributed by atoms with Gasteiger partial charge in [-0.15, -0.1) is 0 Å². The Bertz CT molecular complexity index is 626. The number of nitrogens with zero attached hydrogens (tertiary/aromatic N) is 1. The molecule has 2 aromatic rings. The van der Waals surface area contributed by atoms with E-state index in [0.717, 1.165) is 28.9 Å². The molecule has 21 heavy (non-hydrogen) atoms. The van der Waals surface area contributed by atoms with Crippen molar-refractivity contribution in [3.63, 3.8) is 0 Å². The van der Waals surface area contributed by atoms with E-state index in [4.69, 9.17) is 0 Å². The Hall–Kier alpha value is -1.81. The Morgan fingerprint density at radius 3 is 2.86 bits per heavy atom. The first kappa shape index (κ1) is 14.1. The number of carbonyl (C=O) groups excluding carboxylic acids is 1. The lowest BCUT2D eigenvalue weighted by molar-refractivity contribution is -0.120. The van der Waals surface area contributed by atoms with Gasteiger partial charge in [0.2, 0.25) is 5.91 Å². The fraction of sp³-hybridized carbons (Fsp3) is 0.471. The van der Waals surface area contributed by atoms with Gasteiger partial charge in [-0.1, -0.05) is 18.2 Å². The first-order chi connectivity index (χ1) is 10.1. The Morgan fingerprint density at radius 1 is 1.38 bits per heavy atom. The average molecular weight is 285 g/mol. The summed E-state index contributed by atoms with van der Waals surface area (Å²) in [4.78, 5) is 17.6. The van der Waals surface area contributed by atoms with Gasteiger partial charge in [-0.3, -0.25) is 4.79 Å². The van der Waals surface area contributed by atoms with Gasteiger partial charge in [0.1, 0.15) is 0 Å². The molecule has 1 aliphatic carbocycles. The van der Waals surface area contributed by atoms with Crippen molar-refractivity contribution in [1.82, 2.24) is 15.2 Å². The molecule has 0 saturated heterocycles. The van der Waals surface area contributed by atoms with Crippen LogP contribution in [0, 0.1) is 5.92 Å². The number of amides is 1. The number of benzene rings is 1. The fourth-order valence-electron chi connectivity index (χ4n) is 2.98. The molecule has 1 saturated carbocycles. The van der Waals surface area contributed by atoms with Gasteiger partial charge < -0.3 is 15.2 Å². The maximum absolute atomic E-state index is 12.2. The van der Waals surface area contributed by atoms with Crippen LogP contribution in [0.5, 0.6) is 0 Å². The van der Waals surface area contributed by atoms with Crippen molar-refractivity contribution in [1.29, 1.82) is 0 Å². The van der Waals surface area contributed by atoms with Crippen molar-refractivity contribution >= 4 is 16.8 Å². The van der Waals surface area contributed by atoms with Crippen molar-refractivity contribution in [2.75, 3.05) is 20.6 Å². The van der Waals surface area contributed by atoms with Gasteiger partial charge in [0.15, 0.2) is 0 Å². The summed E-state index contributed by atoms with van der Waals surface area (Å²) in [6.45, 7) is 0.749. The summed E-state index contributed by atoms with van der Waals surface area (Å²) < 4.78 is 0. The predicted octanol–water partition coefficient (Wildman–Crippen LogP) is 2.17. The lowest BCUT2D eigenvalue weighted by Gasteiger charge is -2.24. The van der Waals surface area contributed by atoms with Crippen molar-refractivity contribution in [3.05, 3.63) is 36.0 Å². The van der Waals surface area contributed by atoms with Crippen molar-refractivity contribution in [2.45, 2.75) is 25.3 Å². The number of aromatic amines is 1. The lowest BCUT2D eigenvalue weighted by Crippen LogP contribution is -2.42. The zero-order valence-electron chi connectivity index (χ0n) is 12.7. The Morgan fingerprint density at radius 2 is 2.14 bits per heavy atom. The fourth-order valence-corrected chi connectivity index (χ4v) is 2.98. The predicted molar refractivity (Wildman–Crippen MR) is 85.2 cm³/mol. The van der Waals surface area contributed by atoms with Crippen LogP contribution in [-0.2, 0) is 11.2 Å². The Kier molecular flexibility index (Phi) is 3.97. The van der Waals surface area contributed by atoms with E-state index in [0.29, 0.717) is 12.5 Å². The normalized spacial score (nSPS) is 16.3. The van der Waals surface area contributed by atoms with Crippen LogP contribution in [-0.4, -0.2) is 42.5 Å². The molecule has 0 unspecified atom stereocenters. The molecule has 1 amide bonds. The monoisotopic (exact) mass is 285 g/mol. The van der Waals surface area contributed by atoms with Gasteiger partial charge in [0, 0.05) is 29.7 Å². The van der Waals surface area contributed by atoms with E-state index >= 15 is 0 Å². The second kappa shape index (κ2) is 5.90. The zero-order valence-corrected chi connectivity index (χ0v) is 12.7. The number of aromatic nitrogens is 1. The van der Waals surface area contributed by atoms with Crippen LogP contribution < -0.4 is 5.32 Å². The van der Waals surface area contributed by atoms with Crippen LogP contribution in [0.4, 0.5) is 0 Å². The highest BCUT2D eigenvalue weighted by molar-refractivity contribution is 5.88. The second-order valence-corrected chi connectivity index (χ2v) is 6.21. The molecule has 0 aliphatic heterocycles. The molecule has 0 radical (unpaired) electrons. The molecule has 1 atom stereocenters. The van der Waals surface area contributed by atoms with E-state index in [2.05, 4.69) is 35.4 Å². The van der Waals surface area contributed by atoms with Crippen LogP contribution in [0.3, 0.4) is 0 Å². The van der Waals surface area contributed by atoms with Crippen LogP contribution >= 0.6 is 0 Å². The van der Waals surface area contributed by atoms with Crippen molar-refractivity contribution in [2.24, 2.45) is 5.92 Å². The highest BCUT2D eigenvalue weighted by Crippen LogP contribution is 2.34. The molecule has 4 nitrogen and oxygen atoms in total. The molecule has 1 heterocycles. The SMILES string of the molecule is CN(C)[C@@H](CNC(=O)Cc1c[nH]c2ccccc12)C1CC1. The molecule has 0 spiro atoms. The number of hydrogen-bond acceptors (Lipinski definition) is 2. The molecular weight excluding hydrogens is 262 g/mol. The third-order valence-corrected chi connectivity index (χ3v) is 4.36. The molecule has 112 valence electrons. The number of nitrogens with one attached hydrogen (secondary N) is 2. The van der Waals surface area contributed by atoms with Crippen molar-refractivity contribution in [3.8, 4) is 0 Å². The summed E-state index contributed by atoms with van der Waals surface area (Å²) in [5, 5.41) is 4.23. The molecular formula is C17H23N3O. The van der Waals surface area contributed by atoms with Crippen LogP contribution in [0.15, 0.2) is 30.5 Å². The number of likely N-dealkylation sites (N-methyl/N-ethyl adjacent to an activating group) is 1. The quantitative estimate of drug-likeness (QED) is 0.854. The van der Waals surface area contributed by atoms with E-state index in [1.807, 2.05) is 24.4 Å². The van der Waals surface area contributed by atoms with Crippen molar-refractivity contribution < 1.29 is 4.79 Å². The third-order valence-electron chi connectivity index (χ3n) is 4.36. The van der Waals surface area contributed by atoms with Gasteiger partial charge in [-0.05, 0) is 44.5 Å². The van der Waals surface area contributed by atoms with E-state index < -0.39 is 0 Å². The van der Waals surface area contributed by atoms with Gasteiger partial charge in [0.05, 0.1) is 6.42 Å². The van der Waals surface area contributed by atoms with Crippen LogP contribution in [0.1, 0.15) is 18.4 Å². The van der Waals surface area contributed by atoms with Gasteiger partial charge in [0.25, 0.3) is 0 Å². The number of H-pyrrole nitrogens is 1. The smallest absolute Gasteiger partial charge is 0.224 e. The number of para-hydroxylation sites is 1. The highest BCUT2D eigenvalue weighted by Gasteiger charge is 2.32. The van der Waals surface area contributed by atoms with E-state index in [-0.39, 0.29) is 5.91 Å². The Balaban J connectivity index is 1.59. The maximum Gasteiger partial charge on any atom is 0.224 e. The lowest BCUT2D eigenvalue weighted by atomic mass is 10.1. The molecule has 1 fully saturated rings. The molecule has 0 bridgehead atoms. The summed E-state index contributed by atoms with van der Waals surface area (Å²) in [6, 6.07) is 8.57. The molecule has 2 N–H and O–H groups in total. The highest BCUT2D eigenvalue weighted by atomic mass is 16.1. The summed E-state index contributed by atoms with van der Waals surface area (Å²) in [5.41, 5.74) is 2.15. The minimum absolute atomic E-state index is 0.104. The third kappa shape index (κ3) is 3.27.